The van der Waals surface area contributed by atoms with Gasteiger partial charge in [0.25, 0.3) is 0 Å². The number of anilines is 1. The van der Waals surface area contributed by atoms with E-state index in [0.717, 1.165) is 30.4 Å². The molecule has 2 rings (SSSR count). The van der Waals surface area contributed by atoms with Crippen molar-refractivity contribution in [3.05, 3.63) is 59.9 Å². The Hall–Kier alpha value is -3.01. The van der Waals surface area contributed by atoms with Gasteiger partial charge in [-0.1, -0.05) is 43.2 Å². The number of aromatic nitrogens is 1. The molecular weight excluding hydrogens is 412 g/mol. The highest BCUT2D eigenvalue weighted by Gasteiger charge is 2.17. The number of aliphatic hydroxyl groups excluding tert-OH is 1. The van der Waals surface area contributed by atoms with Crippen molar-refractivity contribution < 1.29 is 25.0 Å². The van der Waals surface area contributed by atoms with Crippen LogP contribution in [0.3, 0.4) is 0 Å². The third-order valence-corrected chi connectivity index (χ3v) is 5.02. The van der Waals surface area contributed by atoms with Crippen molar-refractivity contribution in [3.8, 4) is 0 Å². The normalized spacial score (nSPS) is 12.7. The first-order valence-electron chi connectivity index (χ1n) is 10.8. The van der Waals surface area contributed by atoms with Crippen LogP contribution in [0.1, 0.15) is 49.7 Å². The summed E-state index contributed by atoms with van der Waals surface area (Å²) >= 11 is 0. The Morgan fingerprint density at radius 2 is 1.75 bits per heavy atom. The summed E-state index contributed by atoms with van der Waals surface area (Å²) in [6, 6.07) is 10.6. The van der Waals surface area contributed by atoms with Crippen molar-refractivity contribution in [2.24, 2.45) is 0 Å². The van der Waals surface area contributed by atoms with Crippen molar-refractivity contribution in [2.45, 2.75) is 63.8 Å². The molecule has 0 aliphatic rings. The van der Waals surface area contributed by atoms with Crippen LogP contribution in [0.5, 0.6) is 0 Å². The molecule has 0 aliphatic carbocycles. The Morgan fingerprint density at radius 3 is 2.47 bits per heavy atom. The quantitative estimate of drug-likeness (QED) is 0.106. The monoisotopic (exact) mass is 444 g/mol. The van der Waals surface area contributed by atoms with Gasteiger partial charge < -0.3 is 15.5 Å². The molecule has 0 saturated heterocycles. The van der Waals surface area contributed by atoms with E-state index < -0.39 is 18.2 Å². The summed E-state index contributed by atoms with van der Waals surface area (Å²) in [6.07, 6.45) is 6.96. The van der Waals surface area contributed by atoms with Crippen LogP contribution in [0.15, 0.2) is 48.8 Å². The molecule has 0 radical (unpaired) electrons. The highest BCUT2D eigenvalue weighted by atomic mass is 16.5. The topological polar surface area (TPSA) is 144 Å². The minimum atomic E-state index is -0.913. The van der Waals surface area contributed by atoms with Crippen LogP contribution in [0.25, 0.3) is 0 Å². The molecule has 0 spiro atoms. The number of aliphatic hydroxyl groups is 1. The van der Waals surface area contributed by atoms with E-state index in [9.17, 15) is 19.8 Å². The molecule has 2 aromatic rings. The summed E-state index contributed by atoms with van der Waals surface area (Å²) in [5.74, 6) is -1.30. The first-order valence-corrected chi connectivity index (χ1v) is 10.8. The Bertz CT molecular complexity index is 834. The Labute approximate surface area is 187 Å². The van der Waals surface area contributed by atoms with Gasteiger partial charge in [0, 0.05) is 19.2 Å². The number of rotatable bonds is 15. The largest absolute Gasteiger partial charge is 0.480 e. The van der Waals surface area contributed by atoms with Crippen LogP contribution in [-0.4, -0.2) is 44.6 Å². The molecule has 9 nitrogen and oxygen atoms in total. The fourth-order valence-corrected chi connectivity index (χ4v) is 3.30. The number of aliphatic carboxylic acids is 1. The van der Waals surface area contributed by atoms with Crippen LogP contribution in [-0.2, 0) is 22.6 Å². The Balaban J connectivity index is 1.74. The molecule has 1 amide bonds. The maximum absolute atomic E-state index is 11.6. The number of carboxylic acid groups (broad SMARTS) is 1. The van der Waals surface area contributed by atoms with Gasteiger partial charge in [0.2, 0.25) is 5.91 Å². The van der Waals surface area contributed by atoms with Crippen LogP contribution >= 0.6 is 0 Å². The molecule has 0 aliphatic heterocycles. The van der Waals surface area contributed by atoms with Crippen LogP contribution in [0, 0.1) is 0 Å². The second-order valence-electron chi connectivity index (χ2n) is 7.69. The summed E-state index contributed by atoms with van der Waals surface area (Å²) < 4.78 is 0. The first-order chi connectivity index (χ1) is 15.5. The molecule has 9 heteroatoms. The molecule has 32 heavy (non-hydrogen) atoms. The van der Waals surface area contributed by atoms with Gasteiger partial charge in [0.15, 0.2) is 0 Å². The van der Waals surface area contributed by atoms with E-state index in [1.807, 2.05) is 36.4 Å². The average molecular weight is 445 g/mol. The lowest BCUT2D eigenvalue weighted by atomic mass is 10.1. The van der Waals surface area contributed by atoms with E-state index in [0.29, 0.717) is 31.5 Å². The molecule has 0 saturated carbocycles. The SMILES string of the molecule is O=C(CCCCCC[C@@H](O)Nc1cncc(CN[C@@H](Cc2ccccc2)C(=O)O)c1)NO. The predicted octanol–water partition coefficient (Wildman–Crippen LogP) is 2.44. The highest BCUT2D eigenvalue weighted by Crippen LogP contribution is 2.13. The third kappa shape index (κ3) is 9.86. The number of carbonyl (C=O) groups is 2. The standard InChI is InChI=1S/C23H32N4O5/c28-21(10-6-1-2-7-11-22(29)27-32)26-19-12-18(14-24-16-19)15-25-20(23(30)31)13-17-8-4-3-5-9-17/h3-5,8-9,12,14,16,20-21,25-26,28,32H,1-2,6-7,10-11,13,15H2,(H,27,29)(H,30,31)/t20-,21+/m0/s1. The zero-order valence-corrected chi connectivity index (χ0v) is 18.0. The summed E-state index contributed by atoms with van der Waals surface area (Å²) in [4.78, 5) is 26.7. The fraction of sp³-hybridized carbons (Fsp3) is 0.435. The highest BCUT2D eigenvalue weighted by molar-refractivity contribution is 5.74. The molecule has 0 fully saturated rings. The molecule has 1 heterocycles. The number of carboxylic acids is 1. The molecular formula is C23H32N4O5. The minimum Gasteiger partial charge on any atom is -0.480 e. The van der Waals surface area contributed by atoms with Crippen molar-refractivity contribution in [3.63, 3.8) is 0 Å². The number of benzene rings is 1. The maximum Gasteiger partial charge on any atom is 0.321 e. The lowest BCUT2D eigenvalue weighted by Gasteiger charge is -2.16. The van der Waals surface area contributed by atoms with Gasteiger partial charge in [-0.2, -0.15) is 0 Å². The number of hydrogen-bond donors (Lipinski definition) is 6. The predicted molar refractivity (Wildman–Crippen MR) is 120 cm³/mol. The molecule has 2 atom stereocenters. The van der Waals surface area contributed by atoms with Gasteiger partial charge in [-0.15, -0.1) is 0 Å². The smallest absolute Gasteiger partial charge is 0.321 e. The average Bonchev–Trinajstić information content (AvgIpc) is 2.79. The van der Waals surface area contributed by atoms with E-state index in [4.69, 9.17) is 5.21 Å². The Morgan fingerprint density at radius 1 is 1.00 bits per heavy atom. The minimum absolute atomic E-state index is 0.290. The maximum atomic E-state index is 11.6. The van der Waals surface area contributed by atoms with Gasteiger partial charge in [0.05, 0.1) is 11.9 Å². The molecule has 174 valence electrons. The summed E-state index contributed by atoms with van der Waals surface area (Å²) in [6.45, 7) is 0.337. The van der Waals surface area contributed by atoms with Crippen molar-refractivity contribution in [1.29, 1.82) is 0 Å². The van der Waals surface area contributed by atoms with E-state index in [-0.39, 0.29) is 12.3 Å². The zero-order chi connectivity index (χ0) is 23.2. The molecule has 0 unspecified atom stereocenters. The number of nitrogens with zero attached hydrogens (tertiary/aromatic N) is 1. The first kappa shape index (κ1) is 25.3. The Kier molecular flexibility index (Phi) is 11.1. The second kappa shape index (κ2) is 14.1. The van der Waals surface area contributed by atoms with Crippen LogP contribution < -0.4 is 16.1 Å². The summed E-state index contributed by atoms with van der Waals surface area (Å²) in [5.41, 5.74) is 4.02. The summed E-state index contributed by atoms with van der Waals surface area (Å²) in [7, 11) is 0. The van der Waals surface area contributed by atoms with Crippen molar-refractivity contribution >= 4 is 17.6 Å². The lowest BCUT2D eigenvalue weighted by Crippen LogP contribution is -2.38. The van der Waals surface area contributed by atoms with Gasteiger partial charge in [0.1, 0.15) is 12.3 Å². The van der Waals surface area contributed by atoms with Crippen LogP contribution in [0.2, 0.25) is 0 Å². The second-order valence-corrected chi connectivity index (χ2v) is 7.69. The third-order valence-electron chi connectivity index (χ3n) is 5.02. The number of hydroxylamine groups is 1. The fourth-order valence-electron chi connectivity index (χ4n) is 3.30. The molecule has 0 bridgehead atoms. The number of carbonyl (C=O) groups excluding carboxylic acids is 1. The van der Waals surface area contributed by atoms with E-state index in [1.54, 1.807) is 17.9 Å². The molecule has 1 aromatic carbocycles. The molecule has 6 N–H and O–H groups in total. The van der Waals surface area contributed by atoms with Gasteiger partial charge >= 0.3 is 5.97 Å². The van der Waals surface area contributed by atoms with Crippen molar-refractivity contribution in [2.75, 3.05) is 5.32 Å². The van der Waals surface area contributed by atoms with Gasteiger partial charge in [-0.05, 0) is 42.9 Å². The van der Waals surface area contributed by atoms with E-state index in [2.05, 4.69) is 15.6 Å². The van der Waals surface area contributed by atoms with Crippen molar-refractivity contribution in [1.82, 2.24) is 15.8 Å². The number of hydrogen-bond acceptors (Lipinski definition) is 7. The van der Waals surface area contributed by atoms with Gasteiger partial charge in [-0.3, -0.25) is 25.1 Å². The van der Waals surface area contributed by atoms with E-state index in [1.165, 1.54) is 0 Å². The number of unbranched alkanes of at least 4 members (excludes halogenated alkanes) is 3. The number of amides is 1. The van der Waals surface area contributed by atoms with Gasteiger partial charge in [-0.25, -0.2) is 5.48 Å². The van der Waals surface area contributed by atoms with E-state index >= 15 is 0 Å². The van der Waals surface area contributed by atoms with Crippen LogP contribution in [0.4, 0.5) is 5.69 Å². The number of nitrogens with one attached hydrogen (secondary N) is 3. The zero-order valence-electron chi connectivity index (χ0n) is 18.0. The molecule has 1 aromatic heterocycles. The lowest BCUT2D eigenvalue weighted by molar-refractivity contribution is -0.139. The number of pyridine rings is 1. The summed E-state index contributed by atoms with van der Waals surface area (Å²) in [5, 5.41) is 34.2.